The molecule has 35 heavy (non-hydrogen) atoms. The van der Waals surface area contributed by atoms with Crippen LogP contribution in [0, 0.1) is 0 Å². The fraction of sp³-hybridized carbons (Fsp3) is 0.231. The predicted octanol–water partition coefficient (Wildman–Crippen LogP) is 3.63. The van der Waals surface area contributed by atoms with E-state index in [0.29, 0.717) is 41.2 Å². The number of ether oxygens (including phenoxy) is 1. The smallest absolute Gasteiger partial charge is 0.343 e. The van der Waals surface area contributed by atoms with Gasteiger partial charge in [0.15, 0.2) is 5.65 Å². The van der Waals surface area contributed by atoms with Crippen molar-refractivity contribution in [1.29, 1.82) is 0 Å². The van der Waals surface area contributed by atoms with Gasteiger partial charge in [-0.15, -0.1) is 0 Å². The summed E-state index contributed by atoms with van der Waals surface area (Å²) in [5.74, 6) is 0.863. The second-order valence-corrected chi connectivity index (χ2v) is 8.59. The molecular weight excluding hydrogens is 444 g/mol. The van der Waals surface area contributed by atoms with E-state index in [1.54, 1.807) is 16.9 Å². The van der Waals surface area contributed by atoms with Gasteiger partial charge in [-0.05, 0) is 30.7 Å². The van der Waals surface area contributed by atoms with Crippen molar-refractivity contribution < 1.29 is 9.15 Å². The van der Waals surface area contributed by atoms with Crippen molar-refractivity contribution in [2.75, 3.05) is 36.9 Å². The van der Waals surface area contributed by atoms with Gasteiger partial charge in [-0.2, -0.15) is 5.10 Å². The molecular formula is C26H24N6O3. The molecule has 3 aromatic heterocycles. The average Bonchev–Trinajstić information content (AvgIpc) is 3.34. The largest absolute Gasteiger partial charge is 0.424 e. The van der Waals surface area contributed by atoms with E-state index in [1.165, 1.54) is 6.33 Å². The molecule has 0 saturated carbocycles. The summed E-state index contributed by atoms with van der Waals surface area (Å²) >= 11 is 0. The van der Waals surface area contributed by atoms with Crippen LogP contribution >= 0.6 is 0 Å². The normalized spacial score (nSPS) is 15.1. The zero-order valence-corrected chi connectivity index (χ0v) is 19.2. The van der Waals surface area contributed by atoms with Crippen molar-refractivity contribution in [3.05, 3.63) is 77.2 Å². The number of nitrogens with zero attached hydrogens (tertiary/aromatic N) is 5. The lowest BCUT2D eigenvalue weighted by atomic mass is 9.95. The van der Waals surface area contributed by atoms with Crippen LogP contribution in [0.15, 0.2) is 70.3 Å². The molecule has 1 atom stereocenters. The van der Waals surface area contributed by atoms with Crippen LogP contribution in [0.5, 0.6) is 0 Å². The third kappa shape index (κ3) is 3.60. The van der Waals surface area contributed by atoms with Gasteiger partial charge < -0.3 is 19.8 Å². The maximum atomic E-state index is 13.0. The molecule has 9 heteroatoms. The van der Waals surface area contributed by atoms with Crippen LogP contribution in [-0.4, -0.2) is 46.1 Å². The van der Waals surface area contributed by atoms with Gasteiger partial charge in [0.25, 0.3) is 0 Å². The van der Waals surface area contributed by atoms with Gasteiger partial charge in [-0.3, -0.25) is 0 Å². The summed E-state index contributed by atoms with van der Waals surface area (Å²) in [4.78, 5) is 23.8. The number of morpholine rings is 1. The van der Waals surface area contributed by atoms with Gasteiger partial charge in [0.2, 0.25) is 0 Å². The van der Waals surface area contributed by atoms with Crippen LogP contribution in [0.3, 0.4) is 0 Å². The van der Waals surface area contributed by atoms with Gasteiger partial charge in [-0.25, -0.2) is 19.4 Å². The standard InChI is InChI=1S/C26H24N6O3/c1-16(32-25-21(14-30-32)24(27)28-15-29-25)23-22(19-7-2-3-8-20(19)26(33)35-23)17-5-4-6-18(13-17)31-9-11-34-12-10-31/h2-8,13-16H,9-12H2,1H3,(H2,27,28,29). The van der Waals surface area contributed by atoms with Crippen molar-refractivity contribution in [3.8, 4) is 11.1 Å². The molecule has 1 aliphatic heterocycles. The lowest BCUT2D eigenvalue weighted by Crippen LogP contribution is -2.36. The lowest BCUT2D eigenvalue weighted by molar-refractivity contribution is 0.122. The van der Waals surface area contributed by atoms with Gasteiger partial charge in [0, 0.05) is 29.7 Å². The number of nitrogen functional groups attached to an aromatic ring is 1. The highest BCUT2D eigenvalue weighted by Crippen LogP contribution is 2.37. The third-order valence-corrected chi connectivity index (χ3v) is 6.54. The molecule has 5 aromatic rings. The molecule has 9 nitrogen and oxygen atoms in total. The summed E-state index contributed by atoms with van der Waals surface area (Å²) in [7, 11) is 0. The summed E-state index contributed by atoms with van der Waals surface area (Å²) in [6.07, 6.45) is 3.05. The minimum Gasteiger partial charge on any atom is -0.424 e. The van der Waals surface area contributed by atoms with Crippen molar-refractivity contribution >= 4 is 33.3 Å². The number of hydrogen-bond donors (Lipinski definition) is 1. The van der Waals surface area contributed by atoms with E-state index in [9.17, 15) is 4.79 Å². The minimum absolute atomic E-state index is 0.354. The van der Waals surface area contributed by atoms with E-state index >= 15 is 0 Å². The molecule has 1 unspecified atom stereocenters. The predicted molar refractivity (Wildman–Crippen MR) is 135 cm³/mol. The maximum absolute atomic E-state index is 13.0. The molecule has 2 N–H and O–H groups in total. The van der Waals surface area contributed by atoms with Crippen LogP contribution in [0.4, 0.5) is 11.5 Å². The van der Waals surface area contributed by atoms with E-state index in [0.717, 1.165) is 35.3 Å². The molecule has 176 valence electrons. The molecule has 0 amide bonds. The van der Waals surface area contributed by atoms with Gasteiger partial charge in [-0.1, -0.05) is 30.3 Å². The Morgan fingerprint density at radius 2 is 1.80 bits per heavy atom. The molecule has 0 bridgehead atoms. The Balaban J connectivity index is 1.57. The molecule has 0 radical (unpaired) electrons. The van der Waals surface area contributed by atoms with Crippen molar-refractivity contribution in [3.63, 3.8) is 0 Å². The van der Waals surface area contributed by atoms with Gasteiger partial charge in [0.05, 0.1) is 30.2 Å². The van der Waals surface area contributed by atoms with E-state index in [2.05, 4.69) is 32.1 Å². The Kier molecular flexibility index (Phi) is 5.18. The fourth-order valence-electron chi connectivity index (χ4n) is 4.76. The van der Waals surface area contributed by atoms with Crippen LogP contribution in [0.1, 0.15) is 18.7 Å². The molecule has 2 aromatic carbocycles. The monoisotopic (exact) mass is 468 g/mol. The molecule has 1 aliphatic rings. The van der Waals surface area contributed by atoms with Crippen LogP contribution < -0.4 is 16.3 Å². The average molecular weight is 469 g/mol. The first-order valence-electron chi connectivity index (χ1n) is 11.5. The number of nitrogens with two attached hydrogens (primary N) is 1. The summed E-state index contributed by atoms with van der Waals surface area (Å²) in [6, 6.07) is 15.4. The first-order chi connectivity index (χ1) is 17.1. The van der Waals surface area contributed by atoms with Crippen LogP contribution in [-0.2, 0) is 4.74 Å². The Morgan fingerprint density at radius 3 is 2.63 bits per heavy atom. The van der Waals surface area contributed by atoms with E-state index in [1.807, 2.05) is 37.3 Å². The Hall–Kier alpha value is -4.24. The first-order valence-corrected chi connectivity index (χ1v) is 11.5. The van der Waals surface area contributed by atoms with Crippen molar-refractivity contribution in [2.45, 2.75) is 13.0 Å². The summed E-state index contributed by atoms with van der Waals surface area (Å²) in [6.45, 7) is 5.00. The zero-order valence-electron chi connectivity index (χ0n) is 19.2. The molecule has 6 rings (SSSR count). The highest BCUT2D eigenvalue weighted by Gasteiger charge is 2.24. The number of hydrogen-bond acceptors (Lipinski definition) is 8. The second-order valence-electron chi connectivity index (χ2n) is 8.59. The summed E-state index contributed by atoms with van der Waals surface area (Å²) in [5.41, 5.74) is 9.13. The highest BCUT2D eigenvalue weighted by atomic mass is 16.5. The van der Waals surface area contributed by atoms with E-state index in [-0.39, 0.29) is 5.63 Å². The molecule has 0 aliphatic carbocycles. The molecule has 0 spiro atoms. The minimum atomic E-state index is -0.429. The number of fused-ring (bicyclic) bond motifs is 2. The fourth-order valence-corrected chi connectivity index (χ4v) is 4.76. The van der Waals surface area contributed by atoms with Crippen molar-refractivity contribution in [2.24, 2.45) is 0 Å². The van der Waals surface area contributed by atoms with Gasteiger partial charge >= 0.3 is 5.63 Å². The number of rotatable bonds is 4. The quantitative estimate of drug-likeness (QED) is 0.426. The first kappa shape index (κ1) is 21.3. The van der Waals surface area contributed by atoms with E-state index in [4.69, 9.17) is 14.9 Å². The second kappa shape index (κ2) is 8.52. The van der Waals surface area contributed by atoms with Crippen LogP contribution in [0.2, 0.25) is 0 Å². The number of anilines is 2. The highest BCUT2D eigenvalue weighted by molar-refractivity contribution is 5.97. The number of aromatic nitrogens is 4. The third-order valence-electron chi connectivity index (χ3n) is 6.54. The molecule has 1 saturated heterocycles. The SMILES string of the molecule is CC(c1oc(=O)c2ccccc2c1-c1cccc(N2CCOCC2)c1)n1ncc2c(N)ncnc21. The zero-order chi connectivity index (χ0) is 23.9. The van der Waals surface area contributed by atoms with E-state index < -0.39 is 6.04 Å². The van der Waals surface area contributed by atoms with Crippen molar-refractivity contribution in [1.82, 2.24) is 19.7 Å². The maximum Gasteiger partial charge on any atom is 0.343 e. The lowest BCUT2D eigenvalue weighted by Gasteiger charge is -2.29. The topological polar surface area (TPSA) is 112 Å². The Bertz CT molecular complexity index is 1600. The molecule has 4 heterocycles. The van der Waals surface area contributed by atoms with Gasteiger partial charge in [0.1, 0.15) is 23.9 Å². The Morgan fingerprint density at radius 1 is 1.00 bits per heavy atom. The Labute approximate surface area is 200 Å². The summed E-state index contributed by atoms with van der Waals surface area (Å²) in [5, 5.41) is 6.53. The van der Waals surface area contributed by atoms with Crippen LogP contribution in [0.25, 0.3) is 32.9 Å². The molecule has 1 fully saturated rings. The summed E-state index contributed by atoms with van der Waals surface area (Å²) < 4.78 is 13.2. The number of benzene rings is 2.